The van der Waals surface area contributed by atoms with Crippen LogP contribution in [-0.2, 0) is 9.53 Å². The Balaban J connectivity index is 0.000000791. The van der Waals surface area contributed by atoms with E-state index in [-0.39, 0.29) is 12.1 Å². The highest BCUT2D eigenvalue weighted by atomic mass is 16.5. The van der Waals surface area contributed by atoms with Crippen molar-refractivity contribution < 1.29 is 9.53 Å². The van der Waals surface area contributed by atoms with Gasteiger partial charge < -0.3 is 10.5 Å². The molecule has 0 amide bonds. The molecule has 1 fully saturated rings. The van der Waals surface area contributed by atoms with E-state index in [9.17, 15) is 4.79 Å². The van der Waals surface area contributed by atoms with Crippen LogP contribution in [0.2, 0.25) is 0 Å². The molecule has 1 aliphatic carbocycles. The highest BCUT2D eigenvalue weighted by Gasteiger charge is 2.21. The zero-order valence-electron chi connectivity index (χ0n) is 9.58. The molecule has 1 atom stereocenters. The molecule has 84 valence electrons. The van der Waals surface area contributed by atoms with Crippen molar-refractivity contribution in [3.05, 3.63) is 0 Å². The fourth-order valence-corrected chi connectivity index (χ4v) is 1.42. The van der Waals surface area contributed by atoms with Gasteiger partial charge in [-0.1, -0.05) is 20.8 Å². The molecule has 3 nitrogen and oxygen atoms in total. The van der Waals surface area contributed by atoms with Gasteiger partial charge in [0.2, 0.25) is 0 Å². The van der Waals surface area contributed by atoms with Crippen LogP contribution in [-0.4, -0.2) is 18.1 Å². The summed E-state index contributed by atoms with van der Waals surface area (Å²) in [7, 11) is 0. The topological polar surface area (TPSA) is 52.3 Å². The molecule has 0 bridgehead atoms. The third kappa shape index (κ3) is 4.61. The van der Waals surface area contributed by atoms with Gasteiger partial charge in [0.25, 0.3) is 0 Å². The molecule has 3 heteroatoms. The van der Waals surface area contributed by atoms with E-state index in [1.165, 1.54) is 12.8 Å². The van der Waals surface area contributed by atoms with Gasteiger partial charge >= 0.3 is 5.97 Å². The van der Waals surface area contributed by atoms with Crippen LogP contribution in [0.5, 0.6) is 0 Å². The number of hydrogen-bond acceptors (Lipinski definition) is 3. The van der Waals surface area contributed by atoms with E-state index in [0.717, 1.165) is 12.8 Å². The Morgan fingerprint density at radius 1 is 1.43 bits per heavy atom. The van der Waals surface area contributed by atoms with Crippen molar-refractivity contribution >= 4 is 5.97 Å². The molecule has 1 unspecified atom stereocenters. The summed E-state index contributed by atoms with van der Waals surface area (Å²) < 4.78 is 5.20. The predicted octanol–water partition coefficient (Wildman–Crippen LogP) is 2.24. The number of ether oxygens (including phenoxy) is 1. The Labute approximate surface area is 87.0 Å². The van der Waals surface area contributed by atoms with Gasteiger partial charge in [-0.3, -0.25) is 4.79 Å². The summed E-state index contributed by atoms with van der Waals surface area (Å²) in [6.07, 6.45) is 5.20. The monoisotopic (exact) mass is 201 g/mol. The standard InChI is InChI=1S/C9H17NO2.C2H6/c1-2-8(10)9(11)12-7-5-3-4-6-7;1-2/h7-8H,2-6,10H2,1H3;1-2H3. The van der Waals surface area contributed by atoms with Gasteiger partial charge in [0, 0.05) is 0 Å². The van der Waals surface area contributed by atoms with E-state index in [1.54, 1.807) is 0 Å². The van der Waals surface area contributed by atoms with E-state index >= 15 is 0 Å². The lowest BCUT2D eigenvalue weighted by Crippen LogP contribution is -2.33. The minimum atomic E-state index is -0.425. The van der Waals surface area contributed by atoms with Gasteiger partial charge in [0.15, 0.2) is 0 Å². The number of carbonyl (C=O) groups is 1. The Hall–Kier alpha value is -0.570. The lowest BCUT2D eigenvalue weighted by atomic mass is 10.2. The van der Waals surface area contributed by atoms with Gasteiger partial charge in [0.1, 0.15) is 12.1 Å². The first-order chi connectivity index (χ1) is 6.74. The second-order valence-electron chi connectivity index (χ2n) is 3.36. The molecule has 0 aromatic rings. The number of hydrogen-bond donors (Lipinski definition) is 1. The first-order valence-electron chi connectivity index (χ1n) is 5.70. The number of carbonyl (C=O) groups excluding carboxylic acids is 1. The van der Waals surface area contributed by atoms with Crippen LogP contribution in [0.25, 0.3) is 0 Å². The maximum absolute atomic E-state index is 11.2. The Bertz CT molecular complexity index is 153. The molecule has 0 saturated heterocycles. The van der Waals surface area contributed by atoms with E-state index in [2.05, 4.69) is 0 Å². The summed E-state index contributed by atoms with van der Waals surface area (Å²) in [5, 5.41) is 0. The normalized spacial score (nSPS) is 18.3. The fourth-order valence-electron chi connectivity index (χ4n) is 1.42. The second kappa shape index (κ2) is 7.80. The zero-order chi connectivity index (χ0) is 11.0. The van der Waals surface area contributed by atoms with E-state index in [4.69, 9.17) is 10.5 Å². The highest BCUT2D eigenvalue weighted by molar-refractivity contribution is 5.75. The summed E-state index contributed by atoms with van der Waals surface area (Å²) in [6.45, 7) is 5.89. The predicted molar refractivity (Wildman–Crippen MR) is 58.0 cm³/mol. The summed E-state index contributed by atoms with van der Waals surface area (Å²) in [5.74, 6) is -0.232. The maximum atomic E-state index is 11.2. The molecule has 1 saturated carbocycles. The number of nitrogens with two attached hydrogens (primary N) is 1. The van der Waals surface area contributed by atoms with Crippen molar-refractivity contribution in [2.75, 3.05) is 0 Å². The average molecular weight is 201 g/mol. The molecule has 0 spiro atoms. The first kappa shape index (κ1) is 13.4. The molecule has 14 heavy (non-hydrogen) atoms. The van der Waals surface area contributed by atoms with Crippen molar-refractivity contribution in [1.82, 2.24) is 0 Å². The lowest BCUT2D eigenvalue weighted by molar-refractivity contribution is -0.150. The van der Waals surface area contributed by atoms with Crippen molar-refractivity contribution in [3.8, 4) is 0 Å². The van der Waals surface area contributed by atoms with Gasteiger partial charge in [0.05, 0.1) is 0 Å². The third-order valence-corrected chi connectivity index (χ3v) is 2.33. The molecule has 0 radical (unpaired) electrons. The van der Waals surface area contributed by atoms with Crippen LogP contribution in [0.15, 0.2) is 0 Å². The summed E-state index contributed by atoms with van der Waals surface area (Å²) in [6, 6.07) is -0.425. The van der Waals surface area contributed by atoms with Crippen molar-refractivity contribution in [2.24, 2.45) is 5.73 Å². The number of rotatable bonds is 3. The smallest absolute Gasteiger partial charge is 0.323 e. The van der Waals surface area contributed by atoms with Crippen LogP contribution in [0.4, 0.5) is 0 Å². The molecule has 1 rings (SSSR count). The van der Waals surface area contributed by atoms with Crippen molar-refractivity contribution in [2.45, 2.75) is 65.0 Å². The lowest BCUT2D eigenvalue weighted by Gasteiger charge is -2.14. The van der Waals surface area contributed by atoms with Crippen molar-refractivity contribution in [3.63, 3.8) is 0 Å². The molecule has 0 aromatic carbocycles. The molecular weight excluding hydrogens is 178 g/mol. The Morgan fingerprint density at radius 2 is 1.93 bits per heavy atom. The van der Waals surface area contributed by atoms with Gasteiger partial charge in [-0.05, 0) is 32.1 Å². The SMILES string of the molecule is CC.CCC(N)C(=O)OC1CCCC1. The summed E-state index contributed by atoms with van der Waals surface area (Å²) in [5.41, 5.74) is 5.52. The molecule has 0 heterocycles. The van der Waals surface area contributed by atoms with Gasteiger partial charge in [-0.15, -0.1) is 0 Å². The molecule has 0 aliphatic heterocycles. The largest absolute Gasteiger partial charge is 0.461 e. The average Bonchev–Trinajstić information content (AvgIpc) is 2.72. The van der Waals surface area contributed by atoms with Crippen LogP contribution in [0.1, 0.15) is 52.9 Å². The van der Waals surface area contributed by atoms with Crippen molar-refractivity contribution in [1.29, 1.82) is 0 Å². The van der Waals surface area contributed by atoms with Crippen LogP contribution in [0.3, 0.4) is 0 Å². The Morgan fingerprint density at radius 3 is 2.36 bits per heavy atom. The van der Waals surface area contributed by atoms with E-state index < -0.39 is 6.04 Å². The quantitative estimate of drug-likeness (QED) is 0.712. The fraction of sp³-hybridized carbons (Fsp3) is 0.909. The highest BCUT2D eigenvalue weighted by Crippen LogP contribution is 2.21. The van der Waals surface area contributed by atoms with Crippen LogP contribution >= 0.6 is 0 Å². The zero-order valence-corrected chi connectivity index (χ0v) is 9.58. The van der Waals surface area contributed by atoms with E-state index in [0.29, 0.717) is 6.42 Å². The summed E-state index contributed by atoms with van der Waals surface area (Å²) in [4.78, 5) is 11.2. The summed E-state index contributed by atoms with van der Waals surface area (Å²) >= 11 is 0. The van der Waals surface area contributed by atoms with Crippen LogP contribution < -0.4 is 5.73 Å². The molecule has 0 aromatic heterocycles. The molecule has 1 aliphatic rings. The first-order valence-corrected chi connectivity index (χ1v) is 5.70. The Kier molecular flexibility index (Phi) is 7.48. The minimum absolute atomic E-state index is 0.148. The third-order valence-electron chi connectivity index (χ3n) is 2.33. The van der Waals surface area contributed by atoms with Gasteiger partial charge in [-0.25, -0.2) is 0 Å². The maximum Gasteiger partial charge on any atom is 0.323 e. The number of esters is 1. The second-order valence-corrected chi connectivity index (χ2v) is 3.36. The van der Waals surface area contributed by atoms with E-state index in [1.807, 2.05) is 20.8 Å². The minimum Gasteiger partial charge on any atom is -0.461 e. The molecule has 2 N–H and O–H groups in total. The van der Waals surface area contributed by atoms with Crippen LogP contribution in [0, 0.1) is 0 Å². The molecular formula is C11H23NO2. The van der Waals surface area contributed by atoms with Gasteiger partial charge in [-0.2, -0.15) is 0 Å².